The zero-order valence-corrected chi connectivity index (χ0v) is 8.28. The molecule has 0 saturated carbocycles. The van der Waals surface area contributed by atoms with Crippen LogP contribution in [0.4, 0.5) is 8.78 Å². The number of alkyl halides is 2. The summed E-state index contributed by atoms with van der Waals surface area (Å²) in [4.78, 5) is 0. The van der Waals surface area contributed by atoms with Gasteiger partial charge in [0, 0.05) is 6.54 Å². The standard InChI is InChI=1S/C6H14F2NO2P/c1-4-9-12(10,6(7)8)11-5(2)3/h5-6H,4H2,1-3H3,(H,9,10). The smallest absolute Gasteiger partial charge is 0.311 e. The summed E-state index contributed by atoms with van der Waals surface area (Å²) in [5.74, 6) is 0. The van der Waals surface area contributed by atoms with E-state index >= 15 is 0 Å². The molecule has 0 bridgehead atoms. The Hall–Kier alpha value is 0.01000. The highest BCUT2D eigenvalue weighted by atomic mass is 31.2. The Morgan fingerprint density at radius 2 is 2.00 bits per heavy atom. The van der Waals surface area contributed by atoms with Crippen LogP contribution in [0.3, 0.4) is 0 Å². The van der Waals surface area contributed by atoms with Crippen molar-refractivity contribution in [3.8, 4) is 0 Å². The zero-order chi connectivity index (χ0) is 9.78. The molecule has 0 aromatic heterocycles. The molecule has 6 heteroatoms. The van der Waals surface area contributed by atoms with Crippen molar-refractivity contribution in [2.45, 2.75) is 33.0 Å². The van der Waals surface area contributed by atoms with Crippen LogP contribution >= 0.6 is 7.52 Å². The maximum absolute atomic E-state index is 12.2. The summed E-state index contributed by atoms with van der Waals surface area (Å²) in [6.45, 7) is 4.92. The molecule has 0 heterocycles. The van der Waals surface area contributed by atoms with Crippen molar-refractivity contribution >= 4 is 7.52 Å². The molecular weight excluding hydrogens is 187 g/mol. The monoisotopic (exact) mass is 201 g/mol. The Morgan fingerprint density at radius 1 is 1.50 bits per heavy atom. The van der Waals surface area contributed by atoms with E-state index in [0.29, 0.717) is 0 Å². The Morgan fingerprint density at radius 3 is 2.25 bits per heavy atom. The van der Waals surface area contributed by atoms with Crippen LogP contribution in [0.1, 0.15) is 20.8 Å². The second kappa shape index (κ2) is 4.90. The van der Waals surface area contributed by atoms with Gasteiger partial charge in [-0.05, 0) is 13.8 Å². The average molecular weight is 201 g/mol. The number of nitrogens with one attached hydrogen (secondary N) is 1. The second-order valence-corrected chi connectivity index (χ2v) is 4.65. The van der Waals surface area contributed by atoms with Crippen molar-refractivity contribution in [3.05, 3.63) is 0 Å². The van der Waals surface area contributed by atoms with Gasteiger partial charge in [0.05, 0.1) is 6.10 Å². The molecule has 0 amide bonds. The average Bonchev–Trinajstić information content (AvgIpc) is 1.85. The molecule has 0 aromatic carbocycles. The Labute approximate surface area is 71.0 Å². The first kappa shape index (κ1) is 12.0. The first-order valence-corrected chi connectivity index (χ1v) is 5.43. The number of hydrogen-bond acceptors (Lipinski definition) is 2. The van der Waals surface area contributed by atoms with Crippen LogP contribution < -0.4 is 5.09 Å². The van der Waals surface area contributed by atoms with Crippen molar-refractivity contribution in [2.75, 3.05) is 6.54 Å². The zero-order valence-electron chi connectivity index (χ0n) is 7.38. The van der Waals surface area contributed by atoms with Crippen molar-refractivity contribution in [1.29, 1.82) is 0 Å². The molecular formula is C6H14F2NO2P. The molecule has 0 aliphatic heterocycles. The Kier molecular flexibility index (Phi) is 4.90. The molecule has 0 saturated heterocycles. The summed E-state index contributed by atoms with van der Waals surface area (Å²) < 4.78 is 40.2. The van der Waals surface area contributed by atoms with Gasteiger partial charge in [0.1, 0.15) is 0 Å². The van der Waals surface area contributed by atoms with E-state index in [0.717, 1.165) is 0 Å². The van der Waals surface area contributed by atoms with E-state index in [1.54, 1.807) is 20.8 Å². The van der Waals surface area contributed by atoms with Gasteiger partial charge < -0.3 is 4.52 Å². The minimum Gasteiger partial charge on any atom is -0.311 e. The maximum Gasteiger partial charge on any atom is 0.335 e. The van der Waals surface area contributed by atoms with E-state index in [1.807, 2.05) is 0 Å². The van der Waals surface area contributed by atoms with E-state index in [4.69, 9.17) is 0 Å². The third kappa shape index (κ3) is 3.61. The van der Waals surface area contributed by atoms with Crippen molar-refractivity contribution in [2.24, 2.45) is 0 Å². The SMILES string of the molecule is CCNP(=O)(OC(C)C)C(F)F. The number of rotatable bonds is 5. The molecule has 1 atom stereocenters. The lowest BCUT2D eigenvalue weighted by molar-refractivity contribution is 0.163. The van der Waals surface area contributed by atoms with E-state index < -0.39 is 19.8 Å². The van der Waals surface area contributed by atoms with Crippen molar-refractivity contribution in [1.82, 2.24) is 5.09 Å². The molecule has 1 N–H and O–H groups in total. The summed E-state index contributed by atoms with van der Waals surface area (Å²) >= 11 is 0. The first-order valence-electron chi connectivity index (χ1n) is 3.73. The molecule has 0 aliphatic carbocycles. The highest BCUT2D eigenvalue weighted by molar-refractivity contribution is 7.57. The molecule has 0 aliphatic rings. The van der Waals surface area contributed by atoms with Gasteiger partial charge in [-0.15, -0.1) is 0 Å². The van der Waals surface area contributed by atoms with Crippen LogP contribution in [0.5, 0.6) is 0 Å². The van der Waals surface area contributed by atoms with E-state index in [-0.39, 0.29) is 6.54 Å². The van der Waals surface area contributed by atoms with Crippen LogP contribution in [0.2, 0.25) is 0 Å². The summed E-state index contributed by atoms with van der Waals surface area (Å²) in [6.07, 6.45) is -3.43. The maximum atomic E-state index is 12.2. The fourth-order valence-corrected chi connectivity index (χ4v) is 2.06. The predicted molar refractivity (Wildman–Crippen MR) is 43.5 cm³/mol. The normalized spacial score (nSPS) is 16.9. The molecule has 74 valence electrons. The quantitative estimate of drug-likeness (QED) is 0.694. The van der Waals surface area contributed by atoms with Crippen molar-refractivity contribution in [3.63, 3.8) is 0 Å². The summed E-state index contributed by atoms with van der Waals surface area (Å²) in [7, 11) is -3.93. The molecule has 0 radical (unpaired) electrons. The molecule has 3 nitrogen and oxygen atoms in total. The highest BCUT2D eigenvalue weighted by Crippen LogP contribution is 2.49. The minimum absolute atomic E-state index is 0.203. The van der Waals surface area contributed by atoms with Gasteiger partial charge in [0.2, 0.25) is 0 Å². The minimum atomic E-state index is -3.93. The van der Waals surface area contributed by atoms with Gasteiger partial charge in [0.25, 0.3) is 0 Å². The molecule has 0 rings (SSSR count). The molecule has 0 fully saturated rings. The Balaban J connectivity index is 4.30. The number of hydrogen-bond donors (Lipinski definition) is 1. The topological polar surface area (TPSA) is 38.3 Å². The van der Waals surface area contributed by atoms with Gasteiger partial charge in [-0.2, -0.15) is 8.78 Å². The molecule has 12 heavy (non-hydrogen) atoms. The fourth-order valence-electron chi connectivity index (χ4n) is 0.686. The van der Waals surface area contributed by atoms with Crippen LogP contribution in [-0.4, -0.2) is 18.8 Å². The van der Waals surface area contributed by atoms with Crippen molar-refractivity contribution < 1.29 is 17.9 Å². The summed E-state index contributed by atoms with van der Waals surface area (Å²) in [5.41, 5.74) is 0. The van der Waals surface area contributed by atoms with Gasteiger partial charge in [-0.25, -0.2) is 5.09 Å². The lowest BCUT2D eigenvalue weighted by atomic mass is 10.5. The summed E-state index contributed by atoms with van der Waals surface area (Å²) in [6, 6.07) is 0. The van der Waals surface area contributed by atoms with Gasteiger partial charge >= 0.3 is 13.7 Å². The Bertz CT molecular complexity index is 175. The molecule has 1 unspecified atom stereocenters. The van der Waals surface area contributed by atoms with Crippen LogP contribution in [-0.2, 0) is 9.09 Å². The van der Waals surface area contributed by atoms with E-state index in [2.05, 4.69) is 9.61 Å². The largest absolute Gasteiger partial charge is 0.335 e. The predicted octanol–water partition coefficient (Wildman–Crippen LogP) is 2.44. The third-order valence-corrected chi connectivity index (χ3v) is 3.01. The molecule has 0 aromatic rings. The van der Waals surface area contributed by atoms with Crippen LogP contribution in [0, 0.1) is 0 Å². The second-order valence-electron chi connectivity index (χ2n) is 2.54. The van der Waals surface area contributed by atoms with Crippen LogP contribution in [0.25, 0.3) is 0 Å². The van der Waals surface area contributed by atoms with E-state index in [9.17, 15) is 13.3 Å². The summed E-state index contributed by atoms with van der Waals surface area (Å²) in [5, 5.41) is 2.17. The lowest BCUT2D eigenvalue weighted by Gasteiger charge is -2.19. The van der Waals surface area contributed by atoms with Crippen LogP contribution in [0.15, 0.2) is 0 Å². The number of halogens is 2. The fraction of sp³-hybridized carbons (Fsp3) is 1.00. The lowest BCUT2D eigenvalue weighted by Crippen LogP contribution is -2.19. The van der Waals surface area contributed by atoms with E-state index in [1.165, 1.54) is 0 Å². The first-order chi connectivity index (χ1) is 5.42. The van der Waals surface area contributed by atoms with Gasteiger partial charge in [-0.1, -0.05) is 6.92 Å². The highest BCUT2D eigenvalue weighted by Gasteiger charge is 2.34. The third-order valence-electron chi connectivity index (χ3n) is 1.00. The van der Waals surface area contributed by atoms with Gasteiger partial charge in [0.15, 0.2) is 0 Å². The molecule has 0 spiro atoms. The van der Waals surface area contributed by atoms with Gasteiger partial charge in [-0.3, -0.25) is 4.57 Å².